The van der Waals surface area contributed by atoms with Crippen LogP contribution in [0, 0.1) is 0 Å². The Bertz CT molecular complexity index is 2490. The normalized spacial score (nSPS) is 14.7. The van der Waals surface area contributed by atoms with E-state index in [4.69, 9.17) is 0 Å². The van der Waals surface area contributed by atoms with E-state index < -0.39 is 0 Å². The molecule has 1 aliphatic heterocycles. The molecule has 0 saturated heterocycles. The molecular formula is C39H25NS3. The lowest BCUT2D eigenvalue weighted by molar-refractivity contribution is 0.645. The van der Waals surface area contributed by atoms with Gasteiger partial charge in [0.1, 0.15) is 0 Å². The first-order valence-corrected chi connectivity index (χ1v) is 17.1. The lowest BCUT2D eigenvalue weighted by Crippen LogP contribution is -2.18. The zero-order valence-corrected chi connectivity index (χ0v) is 26.1. The highest BCUT2D eigenvalue weighted by Gasteiger charge is 2.42. The largest absolute Gasteiger partial charge is 0.307 e. The van der Waals surface area contributed by atoms with Crippen molar-refractivity contribution < 1.29 is 0 Å². The SMILES string of the molecule is CC1(C)c2c(ccc3c2Sc2ccccc2S3)-c2ccc3c4ccccc4n(-c4cccc5c4sc4ccccc45)c3c21. The van der Waals surface area contributed by atoms with Crippen molar-refractivity contribution in [3.63, 3.8) is 0 Å². The van der Waals surface area contributed by atoms with E-state index in [-0.39, 0.29) is 5.41 Å². The highest BCUT2D eigenvalue weighted by molar-refractivity contribution is 8.05. The predicted molar refractivity (Wildman–Crippen MR) is 186 cm³/mol. The van der Waals surface area contributed by atoms with Crippen molar-refractivity contribution in [1.29, 1.82) is 0 Å². The van der Waals surface area contributed by atoms with E-state index in [1.165, 1.54) is 89.5 Å². The molecule has 0 spiro atoms. The van der Waals surface area contributed by atoms with Crippen LogP contribution in [-0.4, -0.2) is 4.57 Å². The average molecular weight is 604 g/mol. The molecule has 2 aromatic heterocycles. The molecule has 10 rings (SSSR count). The molecule has 6 aromatic carbocycles. The fourth-order valence-electron chi connectivity index (χ4n) is 7.64. The van der Waals surface area contributed by atoms with Gasteiger partial charge in [0.2, 0.25) is 0 Å². The second-order valence-corrected chi connectivity index (χ2v) is 15.3. The van der Waals surface area contributed by atoms with E-state index in [9.17, 15) is 0 Å². The molecule has 0 amide bonds. The first kappa shape index (κ1) is 24.5. The number of rotatable bonds is 1. The monoisotopic (exact) mass is 603 g/mol. The van der Waals surface area contributed by atoms with Gasteiger partial charge in [-0.15, -0.1) is 11.3 Å². The van der Waals surface area contributed by atoms with Crippen molar-refractivity contribution >= 4 is 76.8 Å². The number of thiophene rings is 1. The predicted octanol–water partition coefficient (Wildman–Crippen LogP) is 12.1. The van der Waals surface area contributed by atoms with Crippen LogP contribution in [0.1, 0.15) is 25.0 Å². The molecule has 8 aromatic rings. The van der Waals surface area contributed by atoms with Gasteiger partial charge in [0.25, 0.3) is 0 Å². The van der Waals surface area contributed by atoms with E-state index in [1.54, 1.807) is 0 Å². The van der Waals surface area contributed by atoms with Crippen LogP contribution >= 0.6 is 34.9 Å². The van der Waals surface area contributed by atoms with Crippen LogP contribution in [-0.2, 0) is 5.41 Å². The number of nitrogens with zero attached hydrogens (tertiary/aromatic N) is 1. The van der Waals surface area contributed by atoms with Gasteiger partial charge in [-0.1, -0.05) is 116 Å². The summed E-state index contributed by atoms with van der Waals surface area (Å²) in [6, 6.07) is 43.0. The van der Waals surface area contributed by atoms with Gasteiger partial charge in [-0.2, -0.15) is 0 Å². The third-order valence-corrected chi connectivity index (χ3v) is 13.2. The molecule has 0 N–H and O–H groups in total. The maximum atomic E-state index is 2.58. The molecule has 0 radical (unpaired) electrons. The Kier molecular flexibility index (Phi) is 4.88. The third-order valence-electron chi connectivity index (χ3n) is 9.40. The minimum Gasteiger partial charge on any atom is -0.307 e. The lowest BCUT2D eigenvalue weighted by Gasteiger charge is -2.28. The highest BCUT2D eigenvalue weighted by atomic mass is 32.2. The van der Waals surface area contributed by atoms with Crippen LogP contribution in [0.3, 0.4) is 0 Å². The Morgan fingerprint density at radius 3 is 2.12 bits per heavy atom. The quantitative estimate of drug-likeness (QED) is 0.184. The maximum absolute atomic E-state index is 2.58. The molecule has 0 saturated carbocycles. The van der Waals surface area contributed by atoms with Gasteiger partial charge in [0, 0.05) is 51.2 Å². The Balaban J connectivity index is 1.31. The summed E-state index contributed by atoms with van der Waals surface area (Å²) in [7, 11) is 0. The maximum Gasteiger partial charge on any atom is 0.0641 e. The van der Waals surface area contributed by atoms with Gasteiger partial charge in [-0.25, -0.2) is 0 Å². The molecule has 0 bridgehead atoms. The molecular weight excluding hydrogens is 579 g/mol. The zero-order valence-electron chi connectivity index (χ0n) is 23.6. The molecule has 204 valence electrons. The van der Waals surface area contributed by atoms with Crippen LogP contribution in [0.15, 0.2) is 135 Å². The van der Waals surface area contributed by atoms with Crippen LogP contribution in [0.4, 0.5) is 0 Å². The minimum absolute atomic E-state index is 0.171. The van der Waals surface area contributed by atoms with Gasteiger partial charge in [-0.3, -0.25) is 0 Å². The first-order valence-electron chi connectivity index (χ1n) is 14.7. The van der Waals surface area contributed by atoms with Crippen LogP contribution in [0.5, 0.6) is 0 Å². The molecule has 2 aliphatic rings. The van der Waals surface area contributed by atoms with Crippen molar-refractivity contribution in [3.8, 4) is 16.8 Å². The molecule has 3 heterocycles. The van der Waals surface area contributed by atoms with Gasteiger partial charge in [0.05, 0.1) is 21.4 Å². The second kappa shape index (κ2) is 8.57. The summed E-state index contributed by atoms with van der Waals surface area (Å²) in [5.41, 5.74) is 9.36. The summed E-state index contributed by atoms with van der Waals surface area (Å²) in [6.07, 6.45) is 0. The van der Waals surface area contributed by atoms with E-state index in [2.05, 4.69) is 134 Å². The molecule has 43 heavy (non-hydrogen) atoms. The molecule has 0 atom stereocenters. The highest BCUT2D eigenvalue weighted by Crippen LogP contribution is 2.60. The van der Waals surface area contributed by atoms with E-state index >= 15 is 0 Å². The number of hydrogen-bond donors (Lipinski definition) is 0. The van der Waals surface area contributed by atoms with Crippen LogP contribution in [0.25, 0.3) is 58.8 Å². The van der Waals surface area contributed by atoms with Crippen LogP contribution in [0.2, 0.25) is 0 Å². The lowest BCUT2D eigenvalue weighted by atomic mass is 9.81. The molecule has 1 aliphatic carbocycles. The number of hydrogen-bond acceptors (Lipinski definition) is 3. The zero-order chi connectivity index (χ0) is 28.4. The fourth-order valence-corrected chi connectivity index (χ4v) is 11.4. The first-order chi connectivity index (χ1) is 21.1. The van der Waals surface area contributed by atoms with E-state index in [1.807, 2.05) is 34.9 Å². The standard InChI is InChI=1S/C39H25NS3/c1-39(2)34-24(25-20-21-33-38(35(25)39)43-32-17-8-7-16-31(32)41-33)18-19-26-22-10-3-5-13-28(22)40(36(26)34)29-14-9-12-27-23-11-4-6-15-30(23)42-37(27)29/h3-21H,1-2H3. The fraction of sp³-hybridized carbons (Fsp3) is 0.0769. The molecule has 1 nitrogen and oxygen atoms in total. The summed E-state index contributed by atoms with van der Waals surface area (Å²) >= 11 is 5.77. The summed E-state index contributed by atoms with van der Waals surface area (Å²) in [4.78, 5) is 5.50. The number of para-hydroxylation sites is 1. The Labute approximate surface area is 262 Å². The van der Waals surface area contributed by atoms with Crippen molar-refractivity contribution in [1.82, 2.24) is 4.57 Å². The Morgan fingerprint density at radius 1 is 0.535 bits per heavy atom. The Hall–Kier alpha value is -3.96. The number of benzene rings is 6. The number of aromatic nitrogens is 1. The average Bonchev–Trinajstić information content (AvgIpc) is 3.66. The van der Waals surface area contributed by atoms with Crippen molar-refractivity contribution in [3.05, 3.63) is 126 Å². The van der Waals surface area contributed by atoms with Crippen molar-refractivity contribution in [2.45, 2.75) is 38.8 Å². The van der Waals surface area contributed by atoms with Crippen LogP contribution < -0.4 is 0 Å². The summed E-state index contributed by atoms with van der Waals surface area (Å²) in [6.45, 7) is 4.90. The molecule has 0 fully saturated rings. The topological polar surface area (TPSA) is 4.93 Å². The third kappa shape index (κ3) is 3.16. The van der Waals surface area contributed by atoms with Crippen molar-refractivity contribution in [2.24, 2.45) is 0 Å². The Morgan fingerprint density at radius 2 is 1.23 bits per heavy atom. The van der Waals surface area contributed by atoms with Gasteiger partial charge < -0.3 is 4.57 Å². The summed E-state index contributed by atoms with van der Waals surface area (Å²) in [5, 5.41) is 5.31. The van der Waals surface area contributed by atoms with Crippen molar-refractivity contribution in [2.75, 3.05) is 0 Å². The smallest absolute Gasteiger partial charge is 0.0641 e. The van der Waals surface area contributed by atoms with E-state index in [0.29, 0.717) is 0 Å². The molecule has 4 heteroatoms. The summed E-state index contributed by atoms with van der Waals surface area (Å²) < 4.78 is 5.27. The van der Waals surface area contributed by atoms with E-state index in [0.717, 1.165) is 0 Å². The van der Waals surface area contributed by atoms with Gasteiger partial charge >= 0.3 is 0 Å². The number of fused-ring (bicyclic) bond motifs is 13. The van der Waals surface area contributed by atoms with Gasteiger partial charge in [-0.05, 0) is 58.7 Å². The second-order valence-electron chi connectivity index (χ2n) is 12.1. The van der Waals surface area contributed by atoms with Gasteiger partial charge in [0.15, 0.2) is 0 Å². The summed E-state index contributed by atoms with van der Waals surface area (Å²) in [5.74, 6) is 0. The minimum atomic E-state index is -0.171. The molecule has 0 unspecified atom stereocenters.